The third-order valence-corrected chi connectivity index (χ3v) is 6.02. The lowest BCUT2D eigenvalue weighted by atomic mass is 10.1. The van der Waals surface area contributed by atoms with Gasteiger partial charge in [0.25, 0.3) is 5.91 Å². The van der Waals surface area contributed by atoms with Crippen molar-refractivity contribution in [2.45, 2.75) is 11.8 Å². The van der Waals surface area contributed by atoms with E-state index in [1.165, 1.54) is 11.3 Å². The SMILES string of the molecule is Cc1[nH]c2ccccc2c1-c1csc(NC(=O)c2ccc(S(C)=O)cc2)n1. The van der Waals surface area contributed by atoms with E-state index >= 15 is 0 Å². The predicted molar refractivity (Wildman–Crippen MR) is 111 cm³/mol. The molecule has 1 atom stereocenters. The lowest BCUT2D eigenvalue weighted by Crippen LogP contribution is -2.11. The highest BCUT2D eigenvalue weighted by Crippen LogP contribution is 2.33. The molecule has 2 aromatic heterocycles. The highest BCUT2D eigenvalue weighted by Gasteiger charge is 2.15. The summed E-state index contributed by atoms with van der Waals surface area (Å²) in [4.78, 5) is 21.1. The highest BCUT2D eigenvalue weighted by atomic mass is 32.2. The van der Waals surface area contributed by atoms with Gasteiger partial charge in [0.1, 0.15) is 0 Å². The molecule has 4 rings (SSSR count). The van der Waals surface area contributed by atoms with E-state index in [1.54, 1.807) is 30.5 Å². The lowest BCUT2D eigenvalue weighted by Gasteiger charge is -2.03. The van der Waals surface area contributed by atoms with Gasteiger partial charge in [0, 0.05) is 55.1 Å². The number of carbonyl (C=O) groups is 1. The van der Waals surface area contributed by atoms with Crippen molar-refractivity contribution in [2.75, 3.05) is 11.6 Å². The van der Waals surface area contributed by atoms with E-state index in [0.717, 1.165) is 27.9 Å². The Balaban J connectivity index is 1.58. The van der Waals surface area contributed by atoms with Crippen molar-refractivity contribution in [2.24, 2.45) is 0 Å². The fourth-order valence-electron chi connectivity index (χ4n) is 3.02. The second-order valence-corrected chi connectivity index (χ2v) is 8.38. The molecule has 136 valence electrons. The van der Waals surface area contributed by atoms with Crippen LogP contribution >= 0.6 is 11.3 Å². The van der Waals surface area contributed by atoms with Crippen LogP contribution in [0.3, 0.4) is 0 Å². The summed E-state index contributed by atoms with van der Waals surface area (Å²) in [5, 5.41) is 6.44. The monoisotopic (exact) mass is 395 g/mol. The summed E-state index contributed by atoms with van der Waals surface area (Å²) in [5.41, 5.74) is 4.50. The molecule has 5 nitrogen and oxygen atoms in total. The Hall–Kier alpha value is -2.77. The number of benzene rings is 2. The predicted octanol–water partition coefficient (Wildman–Crippen LogP) is 4.59. The summed E-state index contributed by atoms with van der Waals surface area (Å²) >= 11 is 1.39. The first-order valence-electron chi connectivity index (χ1n) is 8.31. The molecule has 0 spiro atoms. The summed E-state index contributed by atoms with van der Waals surface area (Å²) < 4.78 is 11.5. The summed E-state index contributed by atoms with van der Waals surface area (Å²) in [6, 6.07) is 14.8. The van der Waals surface area contributed by atoms with Gasteiger partial charge in [-0.1, -0.05) is 18.2 Å². The molecule has 0 aliphatic heterocycles. The van der Waals surface area contributed by atoms with Crippen molar-refractivity contribution >= 4 is 44.1 Å². The second kappa shape index (κ2) is 7.09. The molecule has 0 saturated carbocycles. The number of hydrogen-bond donors (Lipinski definition) is 2. The zero-order chi connectivity index (χ0) is 19.0. The molecule has 2 aromatic carbocycles. The van der Waals surface area contributed by atoms with Gasteiger partial charge in [0.15, 0.2) is 5.13 Å². The first-order valence-corrected chi connectivity index (χ1v) is 10.7. The van der Waals surface area contributed by atoms with Crippen LogP contribution in [0.15, 0.2) is 58.8 Å². The first kappa shape index (κ1) is 17.6. The van der Waals surface area contributed by atoms with Crippen LogP contribution < -0.4 is 5.32 Å². The molecular formula is C20H17N3O2S2. The van der Waals surface area contributed by atoms with E-state index in [0.29, 0.717) is 15.6 Å². The van der Waals surface area contributed by atoms with Crippen molar-refractivity contribution in [1.82, 2.24) is 9.97 Å². The van der Waals surface area contributed by atoms with E-state index in [2.05, 4.69) is 21.4 Å². The molecule has 0 saturated heterocycles. The number of nitrogens with zero attached hydrogens (tertiary/aromatic N) is 1. The second-order valence-electron chi connectivity index (χ2n) is 6.14. The number of carbonyl (C=O) groups excluding carboxylic acids is 1. The van der Waals surface area contributed by atoms with Crippen LogP contribution in [0.4, 0.5) is 5.13 Å². The minimum absolute atomic E-state index is 0.236. The molecule has 0 aliphatic carbocycles. The van der Waals surface area contributed by atoms with Crippen molar-refractivity contribution in [3.63, 3.8) is 0 Å². The van der Waals surface area contributed by atoms with Crippen LogP contribution in [-0.4, -0.2) is 26.3 Å². The van der Waals surface area contributed by atoms with Crippen LogP contribution in [0, 0.1) is 6.92 Å². The van der Waals surface area contributed by atoms with E-state index in [-0.39, 0.29) is 5.91 Å². The zero-order valence-electron chi connectivity index (χ0n) is 14.8. The molecular weight excluding hydrogens is 378 g/mol. The standard InChI is InChI=1S/C20H17N3O2S2/c1-12-18(15-5-3-4-6-16(15)21-12)17-11-26-20(22-17)23-19(24)13-7-9-14(10-8-13)27(2)25/h3-11,21H,1-2H3,(H,22,23,24). The lowest BCUT2D eigenvalue weighted by molar-refractivity contribution is 0.102. The molecule has 0 fully saturated rings. The molecule has 4 aromatic rings. The topological polar surface area (TPSA) is 74.8 Å². The number of fused-ring (bicyclic) bond motifs is 1. The molecule has 7 heteroatoms. The van der Waals surface area contributed by atoms with Crippen LogP contribution in [0.2, 0.25) is 0 Å². The van der Waals surface area contributed by atoms with Crippen molar-refractivity contribution in [1.29, 1.82) is 0 Å². The first-order chi connectivity index (χ1) is 13.0. The number of rotatable bonds is 4. The molecule has 2 N–H and O–H groups in total. The third kappa shape index (κ3) is 3.43. The maximum absolute atomic E-state index is 12.4. The van der Waals surface area contributed by atoms with Gasteiger partial charge < -0.3 is 4.98 Å². The van der Waals surface area contributed by atoms with Crippen LogP contribution in [0.25, 0.3) is 22.2 Å². The Morgan fingerprint density at radius 3 is 2.63 bits per heavy atom. The van der Waals surface area contributed by atoms with Crippen LogP contribution in [-0.2, 0) is 10.8 Å². The van der Waals surface area contributed by atoms with Crippen molar-refractivity contribution < 1.29 is 9.00 Å². The van der Waals surface area contributed by atoms with E-state index in [4.69, 9.17) is 0 Å². The van der Waals surface area contributed by atoms with Gasteiger partial charge in [-0.2, -0.15) is 0 Å². The van der Waals surface area contributed by atoms with E-state index < -0.39 is 10.8 Å². The summed E-state index contributed by atoms with van der Waals surface area (Å²) in [6.07, 6.45) is 1.61. The Bertz CT molecular complexity index is 1160. The van der Waals surface area contributed by atoms with Gasteiger partial charge in [-0.05, 0) is 37.3 Å². The molecule has 27 heavy (non-hydrogen) atoms. The molecule has 2 heterocycles. The van der Waals surface area contributed by atoms with Crippen molar-refractivity contribution in [3.8, 4) is 11.3 Å². The Morgan fingerprint density at radius 2 is 1.89 bits per heavy atom. The molecule has 0 radical (unpaired) electrons. The van der Waals surface area contributed by atoms with Crippen molar-refractivity contribution in [3.05, 3.63) is 65.2 Å². The fourth-order valence-corrected chi connectivity index (χ4v) is 4.24. The van der Waals surface area contributed by atoms with Gasteiger partial charge in [0.05, 0.1) is 5.69 Å². The number of aryl methyl sites for hydroxylation is 1. The summed E-state index contributed by atoms with van der Waals surface area (Å²) in [5.74, 6) is -0.236. The quantitative estimate of drug-likeness (QED) is 0.531. The molecule has 0 aliphatic rings. The Morgan fingerprint density at radius 1 is 1.15 bits per heavy atom. The summed E-state index contributed by atoms with van der Waals surface area (Å²) in [6.45, 7) is 2.02. The molecule has 1 amide bonds. The van der Waals surface area contributed by atoms with Gasteiger partial charge in [0.2, 0.25) is 0 Å². The van der Waals surface area contributed by atoms with Crippen LogP contribution in [0.1, 0.15) is 16.1 Å². The van der Waals surface area contributed by atoms with Gasteiger partial charge >= 0.3 is 0 Å². The normalized spacial score (nSPS) is 12.2. The summed E-state index contributed by atoms with van der Waals surface area (Å²) in [7, 11) is -1.06. The number of thiazole rings is 1. The number of hydrogen-bond acceptors (Lipinski definition) is 4. The zero-order valence-corrected chi connectivity index (χ0v) is 16.4. The minimum atomic E-state index is -1.06. The molecule has 1 unspecified atom stereocenters. The number of aromatic amines is 1. The number of amides is 1. The Kier molecular flexibility index (Phi) is 4.63. The minimum Gasteiger partial charge on any atom is -0.358 e. The van der Waals surface area contributed by atoms with E-state index in [1.807, 2.05) is 30.5 Å². The largest absolute Gasteiger partial charge is 0.358 e. The number of para-hydroxylation sites is 1. The molecule has 0 bridgehead atoms. The maximum Gasteiger partial charge on any atom is 0.257 e. The van der Waals surface area contributed by atoms with Gasteiger partial charge in [-0.15, -0.1) is 11.3 Å². The Labute approximate surface area is 162 Å². The van der Waals surface area contributed by atoms with Gasteiger partial charge in [-0.25, -0.2) is 4.98 Å². The number of anilines is 1. The van der Waals surface area contributed by atoms with Gasteiger partial charge in [-0.3, -0.25) is 14.3 Å². The van der Waals surface area contributed by atoms with E-state index in [9.17, 15) is 9.00 Å². The highest BCUT2D eigenvalue weighted by molar-refractivity contribution is 7.84. The maximum atomic E-state index is 12.4. The average Bonchev–Trinajstić information content (AvgIpc) is 3.24. The fraction of sp³-hybridized carbons (Fsp3) is 0.100. The number of aromatic nitrogens is 2. The van der Waals surface area contributed by atoms with Crippen LogP contribution in [0.5, 0.6) is 0 Å². The smallest absolute Gasteiger partial charge is 0.257 e. The number of nitrogens with one attached hydrogen (secondary N) is 2. The third-order valence-electron chi connectivity index (χ3n) is 4.32. The number of H-pyrrole nitrogens is 1. The average molecular weight is 396 g/mol.